The Morgan fingerprint density at radius 1 is 1.40 bits per heavy atom. The first-order chi connectivity index (χ1) is 9.76. The first-order valence-corrected chi connectivity index (χ1v) is 7.50. The number of hydrogen-bond donors (Lipinski definition) is 1. The summed E-state index contributed by atoms with van der Waals surface area (Å²) in [5, 5.41) is 3.44. The Bertz CT molecular complexity index is 446. The van der Waals surface area contributed by atoms with Crippen LogP contribution in [0.1, 0.15) is 37.0 Å². The molecule has 1 saturated heterocycles. The average Bonchev–Trinajstić information content (AvgIpc) is 2.48. The first-order valence-electron chi connectivity index (χ1n) is 7.50. The lowest BCUT2D eigenvalue weighted by Crippen LogP contribution is -2.48. The molecule has 1 aromatic carbocycles. The number of nitrogens with zero attached hydrogens (tertiary/aromatic N) is 1. The second kappa shape index (κ2) is 7.29. The van der Waals surface area contributed by atoms with Crippen LogP contribution in [0.25, 0.3) is 0 Å². The minimum atomic E-state index is 0.0802. The molecule has 1 N–H and O–H groups in total. The largest absolute Gasteiger partial charge is 0.493 e. The molecule has 1 atom stereocenters. The standard InChI is InChI=1S/C16H24N2O2/c1-3-17-13-8-7-11-18(12-13)16(19)14-9-5-6-10-15(14)20-4-2/h5-6,9-10,13,17H,3-4,7-8,11-12H2,1-2H3. The van der Waals surface area contributed by atoms with E-state index in [1.807, 2.05) is 36.1 Å². The van der Waals surface area contributed by atoms with Crippen molar-refractivity contribution < 1.29 is 9.53 Å². The molecule has 1 fully saturated rings. The van der Waals surface area contributed by atoms with Gasteiger partial charge in [0.05, 0.1) is 12.2 Å². The molecule has 1 unspecified atom stereocenters. The van der Waals surface area contributed by atoms with Gasteiger partial charge in [-0.1, -0.05) is 19.1 Å². The number of para-hydroxylation sites is 1. The molecule has 4 nitrogen and oxygen atoms in total. The van der Waals surface area contributed by atoms with Crippen molar-refractivity contribution in [1.82, 2.24) is 10.2 Å². The van der Waals surface area contributed by atoms with Gasteiger partial charge in [0.25, 0.3) is 5.91 Å². The number of amides is 1. The average molecular weight is 276 g/mol. The van der Waals surface area contributed by atoms with E-state index < -0.39 is 0 Å². The molecule has 1 aliphatic heterocycles. The van der Waals surface area contributed by atoms with E-state index in [9.17, 15) is 4.79 Å². The topological polar surface area (TPSA) is 41.6 Å². The third-order valence-electron chi connectivity index (χ3n) is 3.62. The number of nitrogens with one attached hydrogen (secondary N) is 1. The zero-order valence-electron chi connectivity index (χ0n) is 12.4. The van der Waals surface area contributed by atoms with Crippen LogP contribution in [0.3, 0.4) is 0 Å². The lowest BCUT2D eigenvalue weighted by Gasteiger charge is -2.33. The summed E-state index contributed by atoms with van der Waals surface area (Å²) in [7, 11) is 0. The number of hydrogen-bond acceptors (Lipinski definition) is 3. The van der Waals surface area contributed by atoms with Crippen molar-refractivity contribution in [2.45, 2.75) is 32.7 Å². The van der Waals surface area contributed by atoms with Gasteiger partial charge >= 0.3 is 0 Å². The van der Waals surface area contributed by atoms with E-state index in [4.69, 9.17) is 4.74 Å². The minimum Gasteiger partial charge on any atom is -0.493 e. The van der Waals surface area contributed by atoms with E-state index in [-0.39, 0.29) is 5.91 Å². The minimum absolute atomic E-state index is 0.0802. The summed E-state index contributed by atoms with van der Waals surface area (Å²) in [5.74, 6) is 0.766. The highest BCUT2D eigenvalue weighted by molar-refractivity contribution is 5.97. The van der Waals surface area contributed by atoms with Crippen molar-refractivity contribution in [2.75, 3.05) is 26.2 Å². The summed E-state index contributed by atoms with van der Waals surface area (Å²) in [6.45, 7) is 7.18. The van der Waals surface area contributed by atoms with Gasteiger partial charge in [-0.25, -0.2) is 0 Å². The molecule has 0 aliphatic carbocycles. The Morgan fingerprint density at radius 3 is 2.95 bits per heavy atom. The van der Waals surface area contributed by atoms with Gasteiger partial charge in [-0.15, -0.1) is 0 Å². The highest BCUT2D eigenvalue weighted by Crippen LogP contribution is 2.22. The van der Waals surface area contributed by atoms with Crippen molar-refractivity contribution in [3.63, 3.8) is 0 Å². The summed E-state index contributed by atoms with van der Waals surface area (Å²) in [5.41, 5.74) is 0.673. The van der Waals surface area contributed by atoms with Crippen LogP contribution in [-0.4, -0.2) is 43.1 Å². The van der Waals surface area contributed by atoms with Crippen LogP contribution in [-0.2, 0) is 0 Å². The van der Waals surface area contributed by atoms with Crippen molar-refractivity contribution in [3.8, 4) is 5.75 Å². The highest BCUT2D eigenvalue weighted by Gasteiger charge is 2.25. The Morgan fingerprint density at radius 2 is 2.20 bits per heavy atom. The van der Waals surface area contributed by atoms with Crippen LogP contribution in [0.4, 0.5) is 0 Å². The summed E-state index contributed by atoms with van der Waals surface area (Å²) >= 11 is 0. The summed E-state index contributed by atoms with van der Waals surface area (Å²) in [6.07, 6.45) is 2.20. The molecule has 0 radical (unpaired) electrons. The number of rotatable bonds is 5. The van der Waals surface area contributed by atoms with E-state index in [0.29, 0.717) is 24.0 Å². The molecule has 0 bridgehead atoms. The maximum Gasteiger partial charge on any atom is 0.257 e. The number of likely N-dealkylation sites (tertiary alicyclic amines) is 1. The van der Waals surface area contributed by atoms with Crippen LogP contribution in [0.15, 0.2) is 24.3 Å². The number of likely N-dealkylation sites (N-methyl/N-ethyl adjacent to an activating group) is 1. The molecule has 1 amide bonds. The molecule has 0 aromatic heterocycles. The molecule has 1 heterocycles. The molecule has 4 heteroatoms. The maximum absolute atomic E-state index is 12.7. The number of piperidine rings is 1. The summed E-state index contributed by atoms with van der Waals surface area (Å²) in [6, 6.07) is 7.92. The summed E-state index contributed by atoms with van der Waals surface area (Å²) < 4.78 is 5.56. The van der Waals surface area contributed by atoms with E-state index >= 15 is 0 Å². The quantitative estimate of drug-likeness (QED) is 0.897. The van der Waals surface area contributed by atoms with Crippen LogP contribution in [0.5, 0.6) is 5.75 Å². The lowest BCUT2D eigenvalue weighted by atomic mass is 10.0. The van der Waals surface area contributed by atoms with Gasteiger partial charge in [0.2, 0.25) is 0 Å². The zero-order valence-corrected chi connectivity index (χ0v) is 12.4. The molecule has 1 aliphatic rings. The van der Waals surface area contributed by atoms with Crippen molar-refractivity contribution in [1.29, 1.82) is 0 Å². The molecule has 20 heavy (non-hydrogen) atoms. The van der Waals surface area contributed by atoms with E-state index in [1.54, 1.807) is 0 Å². The monoisotopic (exact) mass is 276 g/mol. The van der Waals surface area contributed by atoms with Gasteiger partial charge in [0.15, 0.2) is 0 Å². The second-order valence-electron chi connectivity index (χ2n) is 5.08. The second-order valence-corrected chi connectivity index (χ2v) is 5.08. The van der Waals surface area contributed by atoms with Crippen LogP contribution < -0.4 is 10.1 Å². The molecule has 0 spiro atoms. The fourth-order valence-electron chi connectivity index (χ4n) is 2.71. The number of ether oxygens (including phenoxy) is 1. The van der Waals surface area contributed by atoms with Crippen LogP contribution in [0.2, 0.25) is 0 Å². The fourth-order valence-corrected chi connectivity index (χ4v) is 2.71. The fraction of sp³-hybridized carbons (Fsp3) is 0.562. The van der Waals surface area contributed by atoms with Crippen molar-refractivity contribution in [3.05, 3.63) is 29.8 Å². The predicted molar refractivity (Wildman–Crippen MR) is 80.2 cm³/mol. The normalized spacial score (nSPS) is 18.9. The van der Waals surface area contributed by atoms with Gasteiger partial charge < -0.3 is 15.0 Å². The molecule has 110 valence electrons. The molecular weight excluding hydrogens is 252 g/mol. The summed E-state index contributed by atoms with van der Waals surface area (Å²) in [4.78, 5) is 14.6. The number of benzene rings is 1. The smallest absolute Gasteiger partial charge is 0.257 e. The first kappa shape index (κ1) is 14.9. The third-order valence-corrected chi connectivity index (χ3v) is 3.62. The Hall–Kier alpha value is -1.55. The van der Waals surface area contributed by atoms with Gasteiger partial charge in [-0.3, -0.25) is 4.79 Å². The lowest BCUT2D eigenvalue weighted by molar-refractivity contribution is 0.0691. The van der Waals surface area contributed by atoms with E-state index in [2.05, 4.69) is 12.2 Å². The highest BCUT2D eigenvalue weighted by atomic mass is 16.5. The molecule has 0 saturated carbocycles. The van der Waals surface area contributed by atoms with E-state index in [0.717, 1.165) is 32.5 Å². The van der Waals surface area contributed by atoms with Gasteiger partial charge in [-0.05, 0) is 38.4 Å². The van der Waals surface area contributed by atoms with Crippen LogP contribution >= 0.6 is 0 Å². The Balaban J connectivity index is 2.10. The van der Waals surface area contributed by atoms with Gasteiger partial charge in [-0.2, -0.15) is 0 Å². The Labute approximate surface area is 121 Å². The van der Waals surface area contributed by atoms with Crippen molar-refractivity contribution >= 4 is 5.91 Å². The molecule has 2 rings (SSSR count). The Kier molecular flexibility index (Phi) is 5.41. The van der Waals surface area contributed by atoms with Crippen molar-refractivity contribution in [2.24, 2.45) is 0 Å². The van der Waals surface area contributed by atoms with Gasteiger partial charge in [0.1, 0.15) is 5.75 Å². The molecular formula is C16H24N2O2. The third kappa shape index (κ3) is 3.51. The zero-order chi connectivity index (χ0) is 14.4. The van der Waals surface area contributed by atoms with Crippen LogP contribution in [0, 0.1) is 0 Å². The molecule has 1 aromatic rings. The number of carbonyl (C=O) groups excluding carboxylic acids is 1. The number of carbonyl (C=O) groups is 1. The van der Waals surface area contributed by atoms with Gasteiger partial charge in [0, 0.05) is 19.1 Å². The van der Waals surface area contributed by atoms with E-state index in [1.165, 1.54) is 0 Å². The maximum atomic E-state index is 12.7. The predicted octanol–water partition coefficient (Wildman–Crippen LogP) is 2.30. The SMILES string of the molecule is CCNC1CCCN(C(=O)c2ccccc2OCC)C1.